The van der Waals surface area contributed by atoms with Crippen LogP contribution in [0.25, 0.3) is 0 Å². The van der Waals surface area contributed by atoms with E-state index in [9.17, 15) is 4.79 Å². The number of nitrogens with zero attached hydrogens (tertiary/aromatic N) is 3. The van der Waals surface area contributed by atoms with Crippen LogP contribution in [0.5, 0.6) is 0 Å². The molecule has 1 rings (SSSR count). The summed E-state index contributed by atoms with van der Waals surface area (Å²) in [6.45, 7) is 2.33. The Hall–Kier alpha value is -1.49. The molecule has 0 radical (unpaired) electrons. The normalized spacial score (nSPS) is 12.2. The Morgan fingerprint density at radius 1 is 1.57 bits per heavy atom. The van der Waals surface area contributed by atoms with Crippen LogP contribution in [0.2, 0.25) is 0 Å². The molecular weight excluding hydrogens is 180 g/mol. The predicted octanol–water partition coefficient (Wildman–Crippen LogP) is -0.104. The van der Waals surface area contributed by atoms with E-state index in [0.29, 0.717) is 12.1 Å². The zero-order valence-electron chi connectivity index (χ0n) is 8.34. The molecule has 1 amide bonds. The Kier molecular flexibility index (Phi) is 3.53. The van der Waals surface area contributed by atoms with E-state index in [2.05, 4.69) is 9.97 Å². The van der Waals surface area contributed by atoms with E-state index in [4.69, 9.17) is 5.73 Å². The highest BCUT2D eigenvalue weighted by atomic mass is 16.2. The first-order valence-corrected chi connectivity index (χ1v) is 4.39. The van der Waals surface area contributed by atoms with Gasteiger partial charge < -0.3 is 10.6 Å². The van der Waals surface area contributed by atoms with E-state index >= 15 is 0 Å². The summed E-state index contributed by atoms with van der Waals surface area (Å²) in [5.41, 5.74) is 5.95. The Morgan fingerprint density at radius 3 is 2.64 bits per heavy atom. The third kappa shape index (κ3) is 2.26. The quantitative estimate of drug-likeness (QED) is 0.729. The van der Waals surface area contributed by atoms with Gasteiger partial charge in [-0.15, -0.1) is 0 Å². The van der Waals surface area contributed by atoms with Gasteiger partial charge in [-0.2, -0.15) is 0 Å². The van der Waals surface area contributed by atoms with E-state index in [-0.39, 0.29) is 11.9 Å². The molecule has 2 N–H and O–H groups in total. The molecule has 0 aliphatic heterocycles. The number of rotatable bonds is 3. The van der Waals surface area contributed by atoms with Crippen molar-refractivity contribution in [3.8, 4) is 0 Å². The molecule has 0 saturated carbocycles. The SMILES string of the molecule is CC(CN)N(C)C(=O)c1cncnc1. The molecule has 14 heavy (non-hydrogen) atoms. The molecule has 1 atom stereocenters. The summed E-state index contributed by atoms with van der Waals surface area (Å²) in [5, 5.41) is 0. The topological polar surface area (TPSA) is 72.1 Å². The van der Waals surface area contributed by atoms with Crippen molar-refractivity contribution in [2.75, 3.05) is 13.6 Å². The molecule has 0 aromatic carbocycles. The molecule has 0 aliphatic rings. The zero-order valence-corrected chi connectivity index (χ0v) is 8.34. The number of nitrogens with two attached hydrogens (primary N) is 1. The molecular formula is C9H14N4O. The molecule has 1 aromatic heterocycles. The van der Waals surface area contributed by atoms with Crippen LogP contribution in [0.1, 0.15) is 17.3 Å². The summed E-state index contributed by atoms with van der Waals surface area (Å²) in [6, 6.07) is 0.0164. The lowest BCUT2D eigenvalue weighted by Crippen LogP contribution is -2.39. The Morgan fingerprint density at radius 2 is 2.14 bits per heavy atom. The van der Waals surface area contributed by atoms with Gasteiger partial charge in [-0.1, -0.05) is 0 Å². The first-order chi connectivity index (χ1) is 6.66. The van der Waals surface area contributed by atoms with Gasteiger partial charge in [0.15, 0.2) is 0 Å². The lowest BCUT2D eigenvalue weighted by molar-refractivity contribution is 0.0747. The number of likely N-dealkylation sites (N-methyl/N-ethyl adjacent to an activating group) is 1. The molecule has 5 heteroatoms. The number of amides is 1. The Bertz CT molecular complexity index is 301. The molecule has 76 valence electrons. The number of aromatic nitrogens is 2. The van der Waals surface area contributed by atoms with E-state index in [0.717, 1.165) is 0 Å². The lowest BCUT2D eigenvalue weighted by Gasteiger charge is -2.23. The fourth-order valence-electron chi connectivity index (χ4n) is 0.971. The second-order valence-electron chi connectivity index (χ2n) is 3.13. The zero-order chi connectivity index (χ0) is 10.6. The van der Waals surface area contributed by atoms with Gasteiger partial charge in [0.1, 0.15) is 6.33 Å². The maximum Gasteiger partial charge on any atom is 0.257 e. The summed E-state index contributed by atoms with van der Waals surface area (Å²) >= 11 is 0. The smallest absolute Gasteiger partial charge is 0.257 e. The number of hydrogen-bond donors (Lipinski definition) is 1. The van der Waals surface area contributed by atoms with Gasteiger partial charge in [0.05, 0.1) is 5.56 Å². The van der Waals surface area contributed by atoms with Crippen molar-refractivity contribution in [2.24, 2.45) is 5.73 Å². The first kappa shape index (κ1) is 10.6. The van der Waals surface area contributed by atoms with Crippen molar-refractivity contribution in [1.29, 1.82) is 0 Å². The average Bonchev–Trinajstić information content (AvgIpc) is 2.27. The monoisotopic (exact) mass is 194 g/mol. The lowest BCUT2D eigenvalue weighted by atomic mass is 10.2. The van der Waals surface area contributed by atoms with Gasteiger partial charge in [0.2, 0.25) is 0 Å². The Balaban J connectivity index is 2.76. The summed E-state index contributed by atoms with van der Waals surface area (Å²) in [7, 11) is 1.72. The van der Waals surface area contributed by atoms with Crippen molar-refractivity contribution in [2.45, 2.75) is 13.0 Å². The third-order valence-corrected chi connectivity index (χ3v) is 2.13. The minimum atomic E-state index is -0.108. The molecule has 0 saturated heterocycles. The van der Waals surface area contributed by atoms with E-state index in [1.54, 1.807) is 11.9 Å². The van der Waals surface area contributed by atoms with Gasteiger partial charge in [-0.3, -0.25) is 4.79 Å². The third-order valence-electron chi connectivity index (χ3n) is 2.13. The largest absolute Gasteiger partial charge is 0.338 e. The molecule has 0 fully saturated rings. The number of carbonyl (C=O) groups is 1. The number of hydrogen-bond acceptors (Lipinski definition) is 4. The molecule has 5 nitrogen and oxygen atoms in total. The van der Waals surface area contributed by atoms with Crippen LogP contribution < -0.4 is 5.73 Å². The second-order valence-corrected chi connectivity index (χ2v) is 3.13. The van der Waals surface area contributed by atoms with Crippen molar-refractivity contribution in [1.82, 2.24) is 14.9 Å². The fraction of sp³-hybridized carbons (Fsp3) is 0.444. The highest BCUT2D eigenvalue weighted by Crippen LogP contribution is 2.02. The molecule has 1 aromatic rings. The minimum Gasteiger partial charge on any atom is -0.338 e. The van der Waals surface area contributed by atoms with E-state index < -0.39 is 0 Å². The molecule has 1 unspecified atom stereocenters. The van der Waals surface area contributed by atoms with Crippen LogP contribution in [0.4, 0.5) is 0 Å². The van der Waals surface area contributed by atoms with Gasteiger partial charge in [-0.05, 0) is 6.92 Å². The highest BCUT2D eigenvalue weighted by Gasteiger charge is 2.16. The second kappa shape index (κ2) is 4.66. The standard InChI is InChI=1S/C9H14N4O/c1-7(3-10)13(2)9(14)8-4-11-6-12-5-8/h4-7H,3,10H2,1-2H3. The first-order valence-electron chi connectivity index (χ1n) is 4.39. The molecule has 0 aliphatic carbocycles. The van der Waals surface area contributed by atoms with Gasteiger partial charge in [0, 0.05) is 32.0 Å². The predicted molar refractivity (Wildman–Crippen MR) is 52.6 cm³/mol. The van der Waals surface area contributed by atoms with Gasteiger partial charge >= 0.3 is 0 Å². The maximum absolute atomic E-state index is 11.7. The average molecular weight is 194 g/mol. The molecule has 0 spiro atoms. The van der Waals surface area contributed by atoms with Crippen molar-refractivity contribution < 1.29 is 4.79 Å². The van der Waals surface area contributed by atoms with E-state index in [1.165, 1.54) is 18.7 Å². The highest BCUT2D eigenvalue weighted by molar-refractivity contribution is 5.93. The minimum absolute atomic E-state index is 0.0164. The van der Waals surface area contributed by atoms with Crippen LogP contribution in [0.3, 0.4) is 0 Å². The van der Waals surface area contributed by atoms with Crippen molar-refractivity contribution in [3.63, 3.8) is 0 Å². The van der Waals surface area contributed by atoms with Crippen LogP contribution >= 0.6 is 0 Å². The van der Waals surface area contributed by atoms with Gasteiger partial charge in [-0.25, -0.2) is 9.97 Å². The number of carbonyl (C=O) groups excluding carboxylic acids is 1. The van der Waals surface area contributed by atoms with Gasteiger partial charge in [0.25, 0.3) is 5.91 Å². The molecule has 1 heterocycles. The molecule has 0 bridgehead atoms. The Labute approximate surface area is 83.0 Å². The van der Waals surface area contributed by atoms with Crippen molar-refractivity contribution >= 4 is 5.91 Å². The van der Waals surface area contributed by atoms with E-state index in [1.807, 2.05) is 6.92 Å². The van der Waals surface area contributed by atoms with Crippen molar-refractivity contribution in [3.05, 3.63) is 24.3 Å². The summed E-state index contributed by atoms with van der Waals surface area (Å²) in [5.74, 6) is -0.108. The fourth-order valence-corrected chi connectivity index (χ4v) is 0.971. The van der Waals surface area contributed by atoms with Crippen LogP contribution in [-0.2, 0) is 0 Å². The summed E-state index contributed by atoms with van der Waals surface area (Å²) < 4.78 is 0. The summed E-state index contributed by atoms with van der Waals surface area (Å²) in [4.78, 5) is 20.9. The maximum atomic E-state index is 11.7. The van der Waals surface area contributed by atoms with Crippen LogP contribution in [0.15, 0.2) is 18.7 Å². The van der Waals surface area contributed by atoms with Crippen LogP contribution in [-0.4, -0.2) is 40.4 Å². The van der Waals surface area contributed by atoms with Crippen LogP contribution in [0, 0.1) is 0 Å². The summed E-state index contributed by atoms with van der Waals surface area (Å²) in [6.07, 6.45) is 4.38.